The number of rotatable bonds is 11. The van der Waals surface area contributed by atoms with E-state index in [1.165, 1.54) is 0 Å². The number of aliphatic imine (C=N–C) groups is 1. The first kappa shape index (κ1) is 21.1. The Hall–Kier alpha value is -0.870. The number of methoxy groups -OCH3 is 1. The molecule has 0 atom stereocenters. The number of hydrogen-bond donors (Lipinski definition) is 2. The van der Waals surface area contributed by atoms with E-state index >= 15 is 0 Å². The maximum Gasteiger partial charge on any atom is 0.191 e. The first-order chi connectivity index (χ1) is 10.4. The number of hydrogen-bond acceptors (Lipinski definition) is 4. The quantitative estimate of drug-likeness (QED) is 0.241. The van der Waals surface area contributed by atoms with Crippen molar-refractivity contribution in [3.63, 3.8) is 0 Å². The SMILES string of the molecule is CCNC(=NCCCOCCOC)NCCn1ccnc1.I. The normalized spacial score (nSPS) is 11.1. The summed E-state index contributed by atoms with van der Waals surface area (Å²) in [5.74, 6) is 0.842. The van der Waals surface area contributed by atoms with E-state index in [0.29, 0.717) is 19.8 Å². The number of nitrogens with one attached hydrogen (secondary N) is 2. The lowest BCUT2D eigenvalue weighted by Gasteiger charge is -2.11. The Bertz CT molecular complexity index is 373. The first-order valence-electron chi connectivity index (χ1n) is 7.41. The van der Waals surface area contributed by atoms with Gasteiger partial charge in [0.1, 0.15) is 0 Å². The van der Waals surface area contributed by atoms with E-state index in [9.17, 15) is 0 Å². The minimum atomic E-state index is 0. The zero-order valence-electron chi connectivity index (χ0n) is 13.5. The van der Waals surface area contributed by atoms with Crippen LogP contribution in [0.4, 0.5) is 0 Å². The average molecular weight is 425 g/mol. The highest BCUT2D eigenvalue weighted by molar-refractivity contribution is 14.0. The molecule has 1 rings (SSSR count). The molecular formula is C14H28IN5O2. The molecular weight excluding hydrogens is 397 g/mol. The first-order valence-corrected chi connectivity index (χ1v) is 7.41. The third kappa shape index (κ3) is 10.8. The molecule has 0 aliphatic heterocycles. The van der Waals surface area contributed by atoms with Crippen LogP contribution in [0.2, 0.25) is 0 Å². The van der Waals surface area contributed by atoms with Gasteiger partial charge in [0.05, 0.1) is 19.5 Å². The van der Waals surface area contributed by atoms with Crippen LogP contribution in [0.25, 0.3) is 0 Å². The Labute approximate surface area is 149 Å². The fourth-order valence-electron chi connectivity index (χ4n) is 1.67. The van der Waals surface area contributed by atoms with Crippen molar-refractivity contribution in [2.24, 2.45) is 4.99 Å². The lowest BCUT2D eigenvalue weighted by molar-refractivity contribution is 0.0702. The molecule has 0 spiro atoms. The van der Waals surface area contributed by atoms with Crippen LogP contribution in [0.3, 0.4) is 0 Å². The molecule has 0 fully saturated rings. The van der Waals surface area contributed by atoms with Crippen molar-refractivity contribution >= 4 is 29.9 Å². The summed E-state index contributed by atoms with van der Waals surface area (Å²) >= 11 is 0. The molecule has 0 saturated carbocycles. The van der Waals surface area contributed by atoms with Crippen LogP contribution in [0.15, 0.2) is 23.7 Å². The van der Waals surface area contributed by atoms with Crippen molar-refractivity contribution in [1.29, 1.82) is 0 Å². The van der Waals surface area contributed by atoms with E-state index in [1.54, 1.807) is 13.3 Å². The van der Waals surface area contributed by atoms with E-state index in [0.717, 1.165) is 38.6 Å². The van der Waals surface area contributed by atoms with Gasteiger partial charge >= 0.3 is 0 Å². The highest BCUT2D eigenvalue weighted by Gasteiger charge is 1.97. The molecule has 0 aliphatic carbocycles. The van der Waals surface area contributed by atoms with Crippen LogP contribution in [0.1, 0.15) is 13.3 Å². The molecule has 1 aromatic heterocycles. The zero-order chi connectivity index (χ0) is 15.2. The maximum atomic E-state index is 5.40. The van der Waals surface area contributed by atoms with Gasteiger partial charge in [0.25, 0.3) is 0 Å². The van der Waals surface area contributed by atoms with Gasteiger partial charge in [-0.25, -0.2) is 4.98 Å². The van der Waals surface area contributed by atoms with Gasteiger partial charge in [0.15, 0.2) is 5.96 Å². The number of guanidine groups is 1. The summed E-state index contributed by atoms with van der Waals surface area (Å²) in [4.78, 5) is 8.52. The maximum absolute atomic E-state index is 5.40. The molecule has 1 heterocycles. The van der Waals surface area contributed by atoms with E-state index in [2.05, 4.69) is 27.5 Å². The fourth-order valence-corrected chi connectivity index (χ4v) is 1.67. The number of aromatic nitrogens is 2. The third-order valence-electron chi connectivity index (χ3n) is 2.71. The van der Waals surface area contributed by atoms with E-state index in [4.69, 9.17) is 9.47 Å². The Morgan fingerprint density at radius 1 is 1.27 bits per heavy atom. The summed E-state index contributed by atoms with van der Waals surface area (Å²) < 4.78 is 12.3. The molecule has 0 aliphatic rings. The predicted molar refractivity (Wildman–Crippen MR) is 98.9 cm³/mol. The van der Waals surface area contributed by atoms with Gasteiger partial charge in [-0.3, -0.25) is 4.99 Å². The van der Waals surface area contributed by atoms with Gasteiger partial charge in [-0.2, -0.15) is 0 Å². The van der Waals surface area contributed by atoms with Crippen molar-refractivity contribution in [3.8, 4) is 0 Å². The van der Waals surface area contributed by atoms with Gasteiger partial charge < -0.3 is 24.7 Å². The minimum Gasteiger partial charge on any atom is -0.382 e. The van der Waals surface area contributed by atoms with Gasteiger partial charge in [-0.15, -0.1) is 24.0 Å². The van der Waals surface area contributed by atoms with Crippen LogP contribution in [0.5, 0.6) is 0 Å². The van der Waals surface area contributed by atoms with Crippen LogP contribution in [-0.4, -0.2) is 62.1 Å². The molecule has 0 unspecified atom stereocenters. The van der Waals surface area contributed by atoms with Crippen molar-refractivity contribution in [3.05, 3.63) is 18.7 Å². The highest BCUT2D eigenvalue weighted by Crippen LogP contribution is 1.87. The molecule has 0 amide bonds. The van der Waals surface area contributed by atoms with E-state index in [-0.39, 0.29) is 24.0 Å². The number of halogens is 1. The van der Waals surface area contributed by atoms with Crippen molar-refractivity contribution < 1.29 is 9.47 Å². The Morgan fingerprint density at radius 3 is 2.82 bits per heavy atom. The average Bonchev–Trinajstić information content (AvgIpc) is 2.99. The summed E-state index contributed by atoms with van der Waals surface area (Å²) in [6.45, 7) is 7.32. The topological polar surface area (TPSA) is 72.7 Å². The molecule has 0 radical (unpaired) electrons. The number of nitrogens with zero attached hydrogens (tertiary/aromatic N) is 3. The summed E-state index contributed by atoms with van der Waals surface area (Å²) in [6, 6.07) is 0. The van der Waals surface area contributed by atoms with Gasteiger partial charge in [0.2, 0.25) is 0 Å². The second-order valence-electron chi connectivity index (χ2n) is 4.45. The second-order valence-corrected chi connectivity index (χ2v) is 4.45. The molecule has 2 N–H and O–H groups in total. The summed E-state index contributed by atoms with van der Waals surface area (Å²) in [7, 11) is 1.67. The molecule has 22 heavy (non-hydrogen) atoms. The van der Waals surface area contributed by atoms with Crippen LogP contribution < -0.4 is 10.6 Å². The molecule has 8 heteroatoms. The second kappa shape index (κ2) is 15.0. The molecule has 0 aromatic carbocycles. The lowest BCUT2D eigenvalue weighted by Crippen LogP contribution is -2.38. The van der Waals surface area contributed by atoms with Gasteiger partial charge in [0, 0.05) is 52.3 Å². The molecule has 1 aromatic rings. The van der Waals surface area contributed by atoms with Crippen LogP contribution in [0, 0.1) is 0 Å². The number of imidazole rings is 1. The molecule has 7 nitrogen and oxygen atoms in total. The Morgan fingerprint density at radius 2 is 2.14 bits per heavy atom. The monoisotopic (exact) mass is 425 g/mol. The summed E-state index contributed by atoms with van der Waals surface area (Å²) in [5, 5.41) is 6.53. The van der Waals surface area contributed by atoms with Crippen LogP contribution in [-0.2, 0) is 16.0 Å². The van der Waals surface area contributed by atoms with Crippen molar-refractivity contribution in [2.45, 2.75) is 19.9 Å². The zero-order valence-corrected chi connectivity index (χ0v) is 15.8. The van der Waals surface area contributed by atoms with E-state index in [1.807, 2.05) is 17.1 Å². The predicted octanol–water partition coefficient (Wildman–Crippen LogP) is 1.11. The largest absolute Gasteiger partial charge is 0.382 e. The van der Waals surface area contributed by atoms with Crippen LogP contribution >= 0.6 is 24.0 Å². The molecule has 0 saturated heterocycles. The van der Waals surface area contributed by atoms with Crippen molar-refractivity contribution in [1.82, 2.24) is 20.2 Å². The standard InChI is InChI=1S/C14H27N5O2.HI/c1-3-16-14(17-5-4-10-21-12-11-20-2)18-7-9-19-8-6-15-13-19;/h6,8,13H,3-5,7,9-12H2,1-2H3,(H2,16,17,18);1H. The van der Waals surface area contributed by atoms with E-state index < -0.39 is 0 Å². The Kier molecular flexibility index (Phi) is 14.4. The summed E-state index contributed by atoms with van der Waals surface area (Å²) in [6.07, 6.45) is 6.44. The smallest absolute Gasteiger partial charge is 0.191 e. The molecule has 0 bridgehead atoms. The highest BCUT2D eigenvalue weighted by atomic mass is 127. The minimum absolute atomic E-state index is 0. The van der Waals surface area contributed by atoms with Gasteiger partial charge in [-0.1, -0.05) is 0 Å². The Balaban J connectivity index is 0.00000441. The van der Waals surface area contributed by atoms with Crippen molar-refractivity contribution in [2.75, 3.05) is 46.6 Å². The molecule has 128 valence electrons. The number of ether oxygens (including phenoxy) is 2. The lowest BCUT2D eigenvalue weighted by atomic mass is 10.4. The fraction of sp³-hybridized carbons (Fsp3) is 0.714. The third-order valence-corrected chi connectivity index (χ3v) is 2.71. The summed E-state index contributed by atoms with van der Waals surface area (Å²) in [5.41, 5.74) is 0. The van der Waals surface area contributed by atoms with Gasteiger partial charge in [-0.05, 0) is 13.3 Å².